The van der Waals surface area contributed by atoms with Gasteiger partial charge in [-0.1, -0.05) is 30.7 Å². The van der Waals surface area contributed by atoms with Crippen molar-refractivity contribution in [2.24, 2.45) is 5.73 Å². The Labute approximate surface area is 110 Å². The molecule has 1 aliphatic carbocycles. The highest BCUT2D eigenvalue weighted by Crippen LogP contribution is 2.25. The van der Waals surface area contributed by atoms with E-state index in [-0.39, 0.29) is 0 Å². The molecule has 2 aliphatic rings. The van der Waals surface area contributed by atoms with Gasteiger partial charge in [-0.3, -0.25) is 4.90 Å². The van der Waals surface area contributed by atoms with Crippen molar-refractivity contribution < 1.29 is 0 Å². The topological polar surface area (TPSA) is 29.3 Å². The Morgan fingerprint density at radius 1 is 1.00 bits per heavy atom. The van der Waals surface area contributed by atoms with Gasteiger partial charge in [-0.05, 0) is 43.2 Å². The summed E-state index contributed by atoms with van der Waals surface area (Å²) in [6, 6.07) is 10.1. The molecule has 2 nitrogen and oxygen atoms in total. The molecule has 0 aromatic heterocycles. The van der Waals surface area contributed by atoms with E-state index >= 15 is 0 Å². The number of rotatable bonds is 1. The van der Waals surface area contributed by atoms with Crippen LogP contribution in [0, 0.1) is 0 Å². The molecule has 2 N–H and O–H groups in total. The molecule has 0 amide bonds. The zero-order chi connectivity index (χ0) is 12.4. The predicted octanol–water partition coefficient (Wildman–Crippen LogP) is 2.36. The smallest absolute Gasteiger partial charge is 0.0110 e. The first-order valence-electron chi connectivity index (χ1n) is 7.39. The van der Waals surface area contributed by atoms with Crippen molar-refractivity contribution in [2.45, 2.75) is 50.6 Å². The van der Waals surface area contributed by atoms with Gasteiger partial charge < -0.3 is 5.73 Å². The second kappa shape index (κ2) is 5.41. The standard InChI is InChI=1S/C16H24N2/c17-15-6-3-7-16(12-15)18-10-8-13-4-1-2-5-14(13)9-11-18/h1-2,4-5,15-16H,3,6-12,17H2. The van der Waals surface area contributed by atoms with Gasteiger partial charge in [0.05, 0.1) is 0 Å². The van der Waals surface area contributed by atoms with E-state index in [0.717, 1.165) is 6.04 Å². The maximum atomic E-state index is 6.13. The maximum absolute atomic E-state index is 6.13. The second-order valence-corrected chi connectivity index (χ2v) is 5.89. The third kappa shape index (κ3) is 2.60. The molecule has 0 bridgehead atoms. The van der Waals surface area contributed by atoms with Crippen molar-refractivity contribution >= 4 is 0 Å². The summed E-state index contributed by atoms with van der Waals surface area (Å²) in [4.78, 5) is 2.69. The molecular weight excluding hydrogens is 220 g/mol. The lowest BCUT2D eigenvalue weighted by Gasteiger charge is -2.35. The van der Waals surface area contributed by atoms with Crippen LogP contribution in [0.1, 0.15) is 36.8 Å². The van der Waals surface area contributed by atoms with Gasteiger partial charge in [-0.15, -0.1) is 0 Å². The summed E-state index contributed by atoms with van der Waals surface area (Å²) in [5.74, 6) is 0. The fourth-order valence-electron chi connectivity index (χ4n) is 3.58. The Hall–Kier alpha value is -0.860. The van der Waals surface area contributed by atoms with Gasteiger partial charge >= 0.3 is 0 Å². The van der Waals surface area contributed by atoms with Gasteiger partial charge in [0.2, 0.25) is 0 Å². The van der Waals surface area contributed by atoms with Crippen LogP contribution in [0.5, 0.6) is 0 Å². The van der Waals surface area contributed by atoms with Crippen molar-refractivity contribution in [3.05, 3.63) is 35.4 Å². The molecule has 2 unspecified atom stereocenters. The Kier molecular flexibility index (Phi) is 3.67. The molecule has 98 valence electrons. The third-order valence-corrected chi connectivity index (χ3v) is 4.66. The molecule has 2 heteroatoms. The zero-order valence-electron chi connectivity index (χ0n) is 11.1. The molecule has 18 heavy (non-hydrogen) atoms. The summed E-state index contributed by atoms with van der Waals surface area (Å²) < 4.78 is 0. The Balaban J connectivity index is 1.67. The first-order valence-corrected chi connectivity index (χ1v) is 7.39. The normalized spacial score (nSPS) is 29.6. The summed E-state index contributed by atoms with van der Waals surface area (Å²) in [7, 11) is 0. The molecule has 2 atom stereocenters. The van der Waals surface area contributed by atoms with Crippen LogP contribution in [-0.2, 0) is 12.8 Å². The van der Waals surface area contributed by atoms with Crippen molar-refractivity contribution in [3.8, 4) is 0 Å². The highest BCUT2D eigenvalue weighted by Gasteiger charge is 2.26. The Morgan fingerprint density at radius 2 is 1.67 bits per heavy atom. The predicted molar refractivity (Wildman–Crippen MR) is 75.7 cm³/mol. The van der Waals surface area contributed by atoms with Crippen LogP contribution in [0.25, 0.3) is 0 Å². The zero-order valence-corrected chi connectivity index (χ0v) is 11.1. The van der Waals surface area contributed by atoms with Gasteiger partial charge in [0.1, 0.15) is 0 Å². The summed E-state index contributed by atoms with van der Waals surface area (Å²) in [6.07, 6.45) is 7.52. The maximum Gasteiger partial charge on any atom is 0.0110 e. The number of benzene rings is 1. The first-order chi connectivity index (χ1) is 8.83. The van der Waals surface area contributed by atoms with Gasteiger partial charge in [-0.25, -0.2) is 0 Å². The monoisotopic (exact) mass is 244 g/mol. The SMILES string of the molecule is NC1CCCC(N2CCc3ccccc3CC2)C1. The summed E-state index contributed by atoms with van der Waals surface area (Å²) in [5, 5.41) is 0. The number of nitrogens with two attached hydrogens (primary N) is 1. The second-order valence-electron chi connectivity index (χ2n) is 5.89. The number of hydrogen-bond donors (Lipinski definition) is 1. The Morgan fingerprint density at radius 3 is 2.28 bits per heavy atom. The molecule has 1 saturated carbocycles. The Bertz CT molecular complexity index is 375. The lowest BCUT2D eigenvalue weighted by Crippen LogP contribution is -2.43. The minimum Gasteiger partial charge on any atom is -0.328 e. The lowest BCUT2D eigenvalue weighted by molar-refractivity contribution is 0.153. The van der Waals surface area contributed by atoms with E-state index in [2.05, 4.69) is 29.2 Å². The van der Waals surface area contributed by atoms with Crippen LogP contribution in [0.2, 0.25) is 0 Å². The van der Waals surface area contributed by atoms with E-state index in [1.807, 2.05) is 0 Å². The van der Waals surface area contributed by atoms with E-state index in [1.54, 1.807) is 11.1 Å². The van der Waals surface area contributed by atoms with E-state index in [1.165, 1.54) is 51.6 Å². The van der Waals surface area contributed by atoms with Crippen LogP contribution in [0.15, 0.2) is 24.3 Å². The molecule has 1 fully saturated rings. The van der Waals surface area contributed by atoms with Gasteiger partial charge in [0.15, 0.2) is 0 Å². The molecule has 3 rings (SSSR count). The van der Waals surface area contributed by atoms with Crippen LogP contribution < -0.4 is 5.73 Å². The average Bonchev–Trinajstić information content (AvgIpc) is 2.61. The van der Waals surface area contributed by atoms with Crippen LogP contribution in [0.3, 0.4) is 0 Å². The van der Waals surface area contributed by atoms with Crippen molar-refractivity contribution in [3.63, 3.8) is 0 Å². The first kappa shape index (κ1) is 12.2. The summed E-state index contributed by atoms with van der Waals surface area (Å²) >= 11 is 0. The average molecular weight is 244 g/mol. The molecule has 0 radical (unpaired) electrons. The minimum absolute atomic E-state index is 0.439. The minimum atomic E-state index is 0.439. The van der Waals surface area contributed by atoms with Crippen molar-refractivity contribution in [1.82, 2.24) is 4.90 Å². The quantitative estimate of drug-likeness (QED) is 0.821. The third-order valence-electron chi connectivity index (χ3n) is 4.66. The molecule has 0 saturated heterocycles. The molecule has 1 heterocycles. The lowest BCUT2D eigenvalue weighted by atomic mass is 9.90. The summed E-state index contributed by atoms with van der Waals surface area (Å²) in [5.41, 5.74) is 9.24. The fourth-order valence-corrected chi connectivity index (χ4v) is 3.58. The van der Waals surface area contributed by atoms with E-state index < -0.39 is 0 Å². The molecule has 1 aliphatic heterocycles. The van der Waals surface area contributed by atoms with Gasteiger partial charge in [0.25, 0.3) is 0 Å². The fraction of sp³-hybridized carbons (Fsp3) is 0.625. The highest BCUT2D eigenvalue weighted by atomic mass is 15.2. The molecule has 1 aromatic carbocycles. The van der Waals surface area contributed by atoms with Crippen LogP contribution in [0.4, 0.5) is 0 Å². The van der Waals surface area contributed by atoms with Gasteiger partial charge in [-0.2, -0.15) is 0 Å². The molecular formula is C16H24N2. The van der Waals surface area contributed by atoms with E-state index in [4.69, 9.17) is 5.73 Å². The van der Waals surface area contributed by atoms with E-state index in [0.29, 0.717) is 6.04 Å². The molecule has 0 spiro atoms. The summed E-state index contributed by atoms with van der Waals surface area (Å²) in [6.45, 7) is 2.43. The van der Waals surface area contributed by atoms with Crippen LogP contribution >= 0.6 is 0 Å². The largest absolute Gasteiger partial charge is 0.328 e. The number of nitrogens with zero attached hydrogens (tertiary/aromatic N) is 1. The van der Waals surface area contributed by atoms with Crippen LogP contribution in [-0.4, -0.2) is 30.1 Å². The molecule has 1 aromatic rings. The highest BCUT2D eigenvalue weighted by molar-refractivity contribution is 5.28. The van der Waals surface area contributed by atoms with Crippen molar-refractivity contribution in [2.75, 3.05) is 13.1 Å². The van der Waals surface area contributed by atoms with Crippen molar-refractivity contribution in [1.29, 1.82) is 0 Å². The number of fused-ring (bicyclic) bond motifs is 1. The number of hydrogen-bond acceptors (Lipinski definition) is 2. The van der Waals surface area contributed by atoms with E-state index in [9.17, 15) is 0 Å². The van der Waals surface area contributed by atoms with Gasteiger partial charge in [0, 0.05) is 25.2 Å².